The molecular formula is C5H14NO5P. The molecule has 0 aromatic heterocycles. The van der Waals surface area contributed by atoms with Gasteiger partial charge in [0.15, 0.2) is 0 Å². The Bertz CT molecular complexity index is 153. The average molecular weight is 199 g/mol. The summed E-state index contributed by atoms with van der Waals surface area (Å²) in [6.07, 6.45) is -0.396. The van der Waals surface area contributed by atoms with Crippen LogP contribution in [0.1, 0.15) is 0 Å². The van der Waals surface area contributed by atoms with E-state index in [1.165, 1.54) is 0 Å². The quantitative estimate of drug-likeness (QED) is 0.363. The summed E-state index contributed by atoms with van der Waals surface area (Å²) in [5, 5.41) is 8.28. The fourth-order valence-electron chi connectivity index (χ4n) is 0.458. The van der Waals surface area contributed by atoms with E-state index in [2.05, 4.69) is 4.52 Å². The lowest BCUT2D eigenvalue weighted by molar-refractivity contribution is 0.0678. The number of hydrogen-bond acceptors (Lipinski definition) is 5. The first kappa shape index (κ1) is 12.0. The molecule has 0 spiro atoms. The molecule has 0 fully saturated rings. The van der Waals surface area contributed by atoms with Crippen molar-refractivity contribution in [1.82, 2.24) is 0 Å². The molecule has 0 aliphatic rings. The first-order valence-corrected chi connectivity index (χ1v) is 5.23. The smallest absolute Gasteiger partial charge is 0.341 e. The first-order valence-electron chi connectivity index (χ1n) is 3.47. The molecule has 0 bridgehead atoms. The molecule has 0 rings (SSSR count). The monoisotopic (exact) mass is 199 g/mol. The normalized spacial score (nSPS) is 15.9. The summed E-state index contributed by atoms with van der Waals surface area (Å²) in [6, 6.07) is 0. The van der Waals surface area contributed by atoms with Gasteiger partial charge >= 0.3 is 7.60 Å². The number of aliphatic hydroxyl groups excluding tert-OH is 1. The van der Waals surface area contributed by atoms with Crippen molar-refractivity contribution < 1.29 is 23.8 Å². The molecule has 4 N–H and O–H groups in total. The second-order valence-electron chi connectivity index (χ2n) is 1.99. The molecule has 12 heavy (non-hydrogen) atoms. The van der Waals surface area contributed by atoms with Crippen LogP contribution in [0.3, 0.4) is 0 Å². The molecule has 0 radical (unpaired) electrons. The minimum absolute atomic E-state index is 0.00494. The minimum atomic E-state index is -3.59. The van der Waals surface area contributed by atoms with E-state index in [0.717, 1.165) is 0 Å². The van der Waals surface area contributed by atoms with Crippen LogP contribution in [0.5, 0.6) is 0 Å². The van der Waals surface area contributed by atoms with Crippen molar-refractivity contribution >= 4 is 7.60 Å². The van der Waals surface area contributed by atoms with Crippen molar-refractivity contribution in [3.63, 3.8) is 0 Å². The summed E-state index contributed by atoms with van der Waals surface area (Å²) < 4.78 is 20.0. The topological polar surface area (TPSA) is 102 Å². The molecular weight excluding hydrogens is 185 g/mol. The third-order valence-electron chi connectivity index (χ3n) is 0.987. The Morgan fingerprint density at radius 3 is 2.50 bits per heavy atom. The summed E-state index contributed by atoms with van der Waals surface area (Å²) in [6.45, 7) is 0.297. The molecule has 0 aromatic rings. The first-order chi connectivity index (χ1) is 5.62. The van der Waals surface area contributed by atoms with Gasteiger partial charge < -0.3 is 25.0 Å². The van der Waals surface area contributed by atoms with E-state index < -0.39 is 13.9 Å². The molecule has 0 aliphatic carbocycles. The summed E-state index contributed by atoms with van der Waals surface area (Å²) in [7, 11) is -3.59. The van der Waals surface area contributed by atoms with Gasteiger partial charge in [-0.1, -0.05) is 0 Å². The fraction of sp³-hybridized carbons (Fsp3) is 1.00. The van der Waals surface area contributed by atoms with Gasteiger partial charge in [0.25, 0.3) is 0 Å². The number of aliphatic hydroxyl groups is 1. The van der Waals surface area contributed by atoms with Gasteiger partial charge in [0.05, 0.1) is 32.7 Å². The molecule has 7 heteroatoms. The van der Waals surface area contributed by atoms with Gasteiger partial charge in [-0.2, -0.15) is 0 Å². The van der Waals surface area contributed by atoms with Gasteiger partial charge in [0, 0.05) is 0 Å². The van der Waals surface area contributed by atoms with Gasteiger partial charge in [0.1, 0.15) is 0 Å². The molecule has 1 atom stereocenters. The van der Waals surface area contributed by atoms with E-state index in [9.17, 15) is 4.57 Å². The van der Waals surface area contributed by atoms with Crippen LogP contribution in [0.25, 0.3) is 0 Å². The third kappa shape index (κ3) is 6.72. The van der Waals surface area contributed by atoms with Crippen molar-refractivity contribution in [2.45, 2.75) is 0 Å². The lowest BCUT2D eigenvalue weighted by Crippen LogP contribution is -2.09. The van der Waals surface area contributed by atoms with E-state index in [1.54, 1.807) is 0 Å². The van der Waals surface area contributed by atoms with Crippen molar-refractivity contribution in [1.29, 1.82) is 0 Å². The van der Waals surface area contributed by atoms with Gasteiger partial charge in [-0.3, -0.25) is 4.57 Å². The number of rotatable bonds is 7. The van der Waals surface area contributed by atoms with Crippen LogP contribution in [-0.2, 0) is 13.8 Å². The highest BCUT2D eigenvalue weighted by molar-refractivity contribution is 7.52. The maximum absolute atomic E-state index is 10.7. The lowest BCUT2D eigenvalue weighted by atomic mass is 10.7. The second-order valence-corrected chi connectivity index (χ2v) is 3.89. The Labute approximate surface area is 70.8 Å². The average Bonchev–Trinajstić information content (AvgIpc) is 2.04. The van der Waals surface area contributed by atoms with Crippen LogP contribution >= 0.6 is 7.60 Å². The standard InChI is InChI=1S/C5H14NO5P/c6-5-12(8,9)11-4-3-10-2-1-7/h7H,1-6H2,(H,8,9). The Morgan fingerprint density at radius 2 is 2.00 bits per heavy atom. The van der Waals surface area contributed by atoms with E-state index in [0.29, 0.717) is 0 Å². The van der Waals surface area contributed by atoms with E-state index in [1.807, 2.05) is 0 Å². The Hall–Kier alpha value is 0.0300. The van der Waals surface area contributed by atoms with Gasteiger partial charge in [-0.05, 0) is 0 Å². The Balaban J connectivity index is 3.25. The van der Waals surface area contributed by atoms with E-state index >= 15 is 0 Å². The van der Waals surface area contributed by atoms with Crippen LogP contribution in [0.15, 0.2) is 0 Å². The molecule has 1 unspecified atom stereocenters. The van der Waals surface area contributed by atoms with Crippen LogP contribution < -0.4 is 5.73 Å². The fourth-order valence-corrected chi connectivity index (χ4v) is 0.923. The molecule has 0 aliphatic heterocycles. The summed E-state index contributed by atoms with van der Waals surface area (Å²) >= 11 is 0. The lowest BCUT2D eigenvalue weighted by Gasteiger charge is -2.09. The molecule has 0 saturated heterocycles. The highest BCUT2D eigenvalue weighted by Gasteiger charge is 2.15. The SMILES string of the molecule is NCP(=O)(O)OCCOCCO. The zero-order valence-corrected chi connectivity index (χ0v) is 7.57. The van der Waals surface area contributed by atoms with Crippen LogP contribution in [-0.4, -0.2) is 42.7 Å². The van der Waals surface area contributed by atoms with Crippen LogP contribution in [0.4, 0.5) is 0 Å². The highest BCUT2D eigenvalue weighted by Crippen LogP contribution is 2.38. The van der Waals surface area contributed by atoms with E-state index in [4.69, 9.17) is 20.5 Å². The van der Waals surface area contributed by atoms with Gasteiger partial charge in [-0.15, -0.1) is 0 Å². The van der Waals surface area contributed by atoms with Gasteiger partial charge in [-0.25, -0.2) is 0 Å². The molecule has 0 heterocycles. The zero-order chi connectivity index (χ0) is 9.45. The predicted molar refractivity (Wildman–Crippen MR) is 42.7 cm³/mol. The highest BCUT2D eigenvalue weighted by atomic mass is 31.2. The zero-order valence-electron chi connectivity index (χ0n) is 6.68. The van der Waals surface area contributed by atoms with E-state index in [-0.39, 0.29) is 26.4 Å². The predicted octanol–water partition coefficient (Wildman–Crippen LogP) is -0.887. The number of ether oxygens (including phenoxy) is 1. The van der Waals surface area contributed by atoms with Crippen LogP contribution in [0.2, 0.25) is 0 Å². The third-order valence-corrected chi connectivity index (χ3v) is 2.03. The Morgan fingerprint density at radius 1 is 1.33 bits per heavy atom. The summed E-state index contributed by atoms with van der Waals surface area (Å²) in [5.41, 5.74) is 4.93. The summed E-state index contributed by atoms with van der Waals surface area (Å²) in [4.78, 5) is 8.78. The molecule has 0 amide bonds. The molecule has 0 aromatic carbocycles. The van der Waals surface area contributed by atoms with Crippen molar-refractivity contribution in [3.05, 3.63) is 0 Å². The second kappa shape index (κ2) is 6.54. The van der Waals surface area contributed by atoms with Crippen LogP contribution in [0, 0.1) is 0 Å². The largest absolute Gasteiger partial charge is 0.394 e. The Kier molecular flexibility index (Phi) is 6.55. The molecule has 6 nitrogen and oxygen atoms in total. The number of nitrogens with two attached hydrogens (primary N) is 1. The summed E-state index contributed by atoms with van der Waals surface area (Å²) in [5.74, 6) is 0. The maximum atomic E-state index is 10.7. The minimum Gasteiger partial charge on any atom is -0.394 e. The molecule has 0 saturated carbocycles. The van der Waals surface area contributed by atoms with Crippen molar-refractivity contribution in [2.75, 3.05) is 32.7 Å². The maximum Gasteiger partial charge on any atom is 0.341 e. The van der Waals surface area contributed by atoms with Crippen molar-refractivity contribution in [3.8, 4) is 0 Å². The number of hydrogen-bond donors (Lipinski definition) is 3. The van der Waals surface area contributed by atoms with Crippen molar-refractivity contribution in [2.24, 2.45) is 5.73 Å². The molecule has 74 valence electrons. The van der Waals surface area contributed by atoms with Gasteiger partial charge in [0.2, 0.25) is 0 Å².